The van der Waals surface area contributed by atoms with E-state index in [-0.39, 0.29) is 12.2 Å². The first-order chi connectivity index (χ1) is 14.9. The monoisotopic (exact) mass is 427 g/mol. The van der Waals surface area contributed by atoms with E-state index < -0.39 is 19.1 Å². The normalized spacial score (nSPS) is 18.0. The Bertz CT molecular complexity index is 1040. The fourth-order valence-electron chi connectivity index (χ4n) is 3.31. The number of halogens is 2. The summed E-state index contributed by atoms with van der Waals surface area (Å²) in [6.45, 7) is -1.14. The molecule has 0 aliphatic carbocycles. The van der Waals surface area contributed by atoms with Gasteiger partial charge >= 0.3 is 6.03 Å². The SMILES string of the molecule is NCc1ccc(N2C=C3C=C(c4cccc(OCC(F)(F)CN)c4)NC3NC2=O)cc1. The molecule has 0 saturated heterocycles. The van der Waals surface area contributed by atoms with E-state index in [4.69, 9.17) is 16.2 Å². The Morgan fingerprint density at radius 2 is 1.87 bits per heavy atom. The molecule has 7 nitrogen and oxygen atoms in total. The van der Waals surface area contributed by atoms with Gasteiger partial charge in [0.2, 0.25) is 0 Å². The molecule has 0 radical (unpaired) electrons. The molecule has 162 valence electrons. The molecule has 6 N–H and O–H groups in total. The number of nitrogens with one attached hydrogen (secondary N) is 2. The number of rotatable bonds is 7. The summed E-state index contributed by atoms with van der Waals surface area (Å²) in [7, 11) is 0. The van der Waals surface area contributed by atoms with Crippen molar-refractivity contribution in [1.82, 2.24) is 10.6 Å². The van der Waals surface area contributed by atoms with Gasteiger partial charge in [0.25, 0.3) is 5.92 Å². The maximum Gasteiger partial charge on any atom is 0.327 e. The second kappa shape index (κ2) is 8.37. The highest BCUT2D eigenvalue weighted by Gasteiger charge is 2.31. The molecule has 9 heteroatoms. The van der Waals surface area contributed by atoms with E-state index in [1.807, 2.05) is 36.4 Å². The first-order valence-corrected chi connectivity index (χ1v) is 9.78. The fraction of sp³-hybridized carbons (Fsp3) is 0.227. The first-order valence-electron chi connectivity index (χ1n) is 9.78. The van der Waals surface area contributed by atoms with E-state index >= 15 is 0 Å². The van der Waals surface area contributed by atoms with Gasteiger partial charge in [-0.3, -0.25) is 4.90 Å². The highest BCUT2D eigenvalue weighted by atomic mass is 19.3. The van der Waals surface area contributed by atoms with Gasteiger partial charge < -0.3 is 26.8 Å². The van der Waals surface area contributed by atoms with Gasteiger partial charge in [0, 0.05) is 29.6 Å². The van der Waals surface area contributed by atoms with Crippen LogP contribution < -0.4 is 31.7 Å². The average Bonchev–Trinajstić information content (AvgIpc) is 3.20. The summed E-state index contributed by atoms with van der Waals surface area (Å²) in [4.78, 5) is 14.1. The molecule has 2 aromatic carbocycles. The number of hydrogen-bond acceptors (Lipinski definition) is 5. The molecule has 0 bridgehead atoms. The summed E-state index contributed by atoms with van der Waals surface area (Å²) in [6, 6.07) is 14.0. The van der Waals surface area contributed by atoms with Gasteiger partial charge in [0.15, 0.2) is 6.61 Å². The average molecular weight is 427 g/mol. The van der Waals surface area contributed by atoms with Crippen LogP contribution >= 0.6 is 0 Å². The van der Waals surface area contributed by atoms with Crippen LogP contribution in [0.15, 0.2) is 66.4 Å². The Hall–Kier alpha value is -3.43. The molecule has 2 aliphatic rings. The standard InChI is InChI=1S/C22H23F2N5O2/c23-22(24,12-26)13-31-18-3-1-2-15(8-18)19-9-16-11-29(21(30)28-20(16)27-19)17-6-4-14(10-25)5-7-17/h1-9,11,20,27H,10,12-13,25-26H2,(H,28,30). The fourth-order valence-corrected chi connectivity index (χ4v) is 3.31. The van der Waals surface area contributed by atoms with Gasteiger partial charge in [-0.05, 0) is 35.9 Å². The summed E-state index contributed by atoms with van der Waals surface area (Å²) in [6.07, 6.45) is 3.29. The first kappa shape index (κ1) is 20.8. The topological polar surface area (TPSA) is 106 Å². The van der Waals surface area contributed by atoms with Gasteiger partial charge in [0.05, 0.1) is 12.2 Å². The number of amides is 2. The van der Waals surface area contributed by atoms with Crippen LogP contribution in [0, 0.1) is 0 Å². The predicted octanol–water partition coefficient (Wildman–Crippen LogP) is 2.50. The Morgan fingerprint density at radius 1 is 1.10 bits per heavy atom. The Balaban J connectivity index is 1.54. The molecule has 31 heavy (non-hydrogen) atoms. The van der Waals surface area contributed by atoms with Crippen LogP contribution in [0.1, 0.15) is 11.1 Å². The van der Waals surface area contributed by atoms with Crippen molar-refractivity contribution in [3.8, 4) is 5.75 Å². The quantitative estimate of drug-likeness (QED) is 0.543. The molecule has 1 atom stereocenters. The number of carbonyl (C=O) groups excluding carboxylic acids is 1. The van der Waals surface area contributed by atoms with Crippen molar-refractivity contribution < 1.29 is 18.3 Å². The zero-order valence-electron chi connectivity index (χ0n) is 16.6. The Labute approximate surface area is 178 Å². The lowest BCUT2D eigenvalue weighted by atomic mass is 10.1. The Kier molecular flexibility index (Phi) is 5.62. The number of urea groups is 1. The number of carbonyl (C=O) groups is 1. The number of nitrogens with zero attached hydrogens (tertiary/aromatic N) is 1. The van der Waals surface area contributed by atoms with Crippen LogP contribution in [0.25, 0.3) is 5.70 Å². The van der Waals surface area contributed by atoms with Crippen LogP contribution in [0.2, 0.25) is 0 Å². The van der Waals surface area contributed by atoms with Crippen LogP contribution in [0.3, 0.4) is 0 Å². The third kappa shape index (κ3) is 4.52. The van der Waals surface area contributed by atoms with Crippen molar-refractivity contribution >= 4 is 17.4 Å². The van der Waals surface area contributed by atoms with Gasteiger partial charge in [-0.2, -0.15) is 0 Å². The highest BCUT2D eigenvalue weighted by Crippen LogP contribution is 2.29. The maximum atomic E-state index is 13.4. The van der Waals surface area contributed by atoms with Crippen molar-refractivity contribution in [2.24, 2.45) is 11.5 Å². The molecular weight excluding hydrogens is 404 g/mol. The van der Waals surface area contributed by atoms with Crippen molar-refractivity contribution in [2.45, 2.75) is 18.6 Å². The summed E-state index contributed by atoms with van der Waals surface area (Å²) >= 11 is 0. The summed E-state index contributed by atoms with van der Waals surface area (Å²) in [5.41, 5.74) is 14.7. The minimum absolute atomic E-state index is 0.266. The van der Waals surface area contributed by atoms with E-state index in [1.54, 1.807) is 24.4 Å². The van der Waals surface area contributed by atoms with E-state index in [0.717, 1.165) is 28.1 Å². The zero-order chi connectivity index (χ0) is 22.0. The summed E-state index contributed by atoms with van der Waals surface area (Å²) < 4.78 is 31.9. The molecule has 0 aromatic heterocycles. The summed E-state index contributed by atoms with van der Waals surface area (Å²) in [5, 5.41) is 6.14. The van der Waals surface area contributed by atoms with Crippen molar-refractivity contribution in [2.75, 3.05) is 18.1 Å². The predicted molar refractivity (Wildman–Crippen MR) is 114 cm³/mol. The molecule has 0 saturated carbocycles. The molecule has 2 amide bonds. The van der Waals surface area contributed by atoms with Crippen molar-refractivity contribution in [1.29, 1.82) is 0 Å². The van der Waals surface area contributed by atoms with E-state index in [0.29, 0.717) is 12.3 Å². The highest BCUT2D eigenvalue weighted by molar-refractivity contribution is 5.96. The number of ether oxygens (including phenoxy) is 1. The smallest absolute Gasteiger partial charge is 0.327 e. The van der Waals surface area contributed by atoms with Gasteiger partial charge in [-0.15, -0.1) is 0 Å². The van der Waals surface area contributed by atoms with E-state index in [9.17, 15) is 13.6 Å². The number of nitrogens with two attached hydrogens (primary N) is 2. The molecule has 2 aromatic rings. The molecule has 2 heterocycles. The van der Waals surface area contributed by atoms with Crippen LogP contribution in [-0.4, -0.2) is 31.3 Å². The van der Waals surface area contributed by atoms with Crippen LogP contribution in [0.4, 0.5) is 19.3 Å². The molecule has 0 fully saturated rings. The van der Waals surface area contributed by atoms with E-state index in [1.165, 1.54) is 4.90 Å². The molecule has 0 spiro atoms. The maximum absolute atomic E-state index is 13.4. The minimum atomic E-state index is -3.09. The third-order valence-electron chi connectivity index (χ3n) is 5.05. The number of benzene rings is 2. The number of anilines is 1. The number of alkyl halides is 2. The molecule has 1 unspecified atom stereocenters. The van der Waals surface area contributed by atoms with Crippen LogP contribution in [-0.2, 0) is 6.54 Å². The van der Waals surface area contributed by atoms with Crippen molar-refractivity contribution in [3.63, 3.8) is 0 Å². The molecular formula is C22H23F2N5O2. The van der Waals surface area contributed by atoms with Gasteiger partial charge in [-0.25, -0.2) is 13.6 Å². The van der Waals surface area contributed by atoms with Crippen molar-refractivity contribution in [3.05, 3.63) is 77.5 Å². The minimum Gasteiger partial charge on any atom is -0.487 e. The number of hydrogen-bond donors (Lipinski definition) is 4. The molecule has 2 aliphatic heterocycles. The zero-order valence-corrected chi connectivity index (χ0v) is 16.6. The largest absolute Gasteiger partial charge is 0.487 e. The lowest BCUT2D eigenvalue weighted by Gasteiger charge is -2.29. The van der Waals surface area contributed by atoms with Crippen LogP contribution in [0.5, 0.6) is 5.75 Å². The number of fused-ring (bicyclic) bond motifs is 1. The van der Waals surface area contributed by atoms with Gasteiger partial charge in [-0.1, -0.05) is 24.3 Å². The van der Waals surface area contributed by atoms with Gasteiger partial charge in [0.1, 0.15) is 11.9 Å². The second-order valence-electron chi connectivity index (χ2n) is 7.33. The Morgan fingerprint density at radius 3 is 2.58 bits per heavy atom. The lowest BCUT2D eigenvalue weighted by Crippen LogP contribution is -2.51. The summed E-state index contributed by atoms with van der Waals surface area (Å²) in [5.74, 6) is -2.78. The third-order valence-corrected chi connectivity index (χ3v) is 5.05. The second-order valence-corrected chi connectivity index (χ2v) is 7.33. The van der Waals surface area contributed by atoms with E-state index in [2.05, 4.69) is 10.6 Å². The lowest BCUT2D eigenvalue weighted by molar-refractivity contribution is -0.0319. The molecule has 4 rings (SSSR count).